The van der Waals surface area contributed by atoms with Crippen molar-refractivity contribution < 1.29 is 0 Å². The van der Waals surface area contributed by atoms with Gasteiger partial charge in [0.25, 0.3) is 0 Å². The Balaban J connectivity index is 1.98. The zero-order chi connectivity index (χ0) is 10.9. The van der Waals surface area contributed by atoms with Gasteiger partial charge in [0.15, 0.2) is 0 Å². The summed E-state index contributed by atoms with van der Waals surface area (Å²) in [5.41, 5.74) is 0. The van der Waals surface area contributed by atoms with Crippen LogP contribution in [0.2, 0.25) is 0 Å². The molecule has 2 nitrogen and oxygen atoms in total. The highest BCUT2D eigenvalue weighted by Crippen LogP contribution is 2.08. The van der Waals surface area contributed by atoms with Crippen LogP contribution in [0, 0.1) is 0 Å². The van der Waals surface area contributed by atoms with Gasteiger partial charge in [-0.1, -0.05) is 6.42 Å². The molecule has 1 aliphatic heterocycles. The summed E-state index contributed by atoms with van der Waals surface area (Å²) in [7, 11) is 2.26. The number of unbranched alkanes of at least 4 members (excludes halogenated alkanes) is 1. The van der Waals surface area contributed by atoms with Crippen LogP contribution in [0.4, 0.5) is 0 Å². The maximum Gasteiger partial charge on any atom is 0.0194 e. The first-order valence-corrected chi connectivity index (χ1v) is 7.63. The number of likely N-dealkylation sites (N-methyl/N-ethyl adjacent to an activating group) is 1. The van der Waals surface area contributed by atoms with E-state index >= 15 is 0 Å². The van der Waals surface area contributed by atoms with E-state index in [4.69, 9.17) is 0 Å². The van der Waals surface area contributed by atoms with E-state index in [1.54, 1.807) is 0 Å². The van der Waals surface area contributed by atoms with Gasteiger partial charge < -0.3 is 10.2 Å². The van der Waals surface area contributed by atoms with E-state index in [0.717, 1.165) is 6.04 Å². The van der Waals surface area contributed by atoms with Crippen molar-refractivity contribution in [2.24, 2.45) is 0 Å². The minimum atomic E-state index is 0.754. The fourth-order valence-electron chi connectivity index (χ4n) is 2.18. The van der Waals surface area contributed by atoms with Gasteiger partial charge in [-0.25, -0.2) is 0 Å². The maximum atomic E-state index is 3.61. The first-order valence-electron chi connectivity index (χ1n) is 6.24. The number of thioether (sulfide) groups is 1. The third-order valence-corrected chi connectivity index (χ3v) is 3.78. The molecule has 1 fully saturated rings. The molecule has 0 aliphatic carbocycles. The molecule has 15 heavy (non-hydrogen) atoms. The van der Waals surface area contributed by atoms with Crippen LogP contribution in [0.5, 0.6) is 0 Å². The van der Waals surface area contributed by atoms with Crippen LogP contribution in [0.25, 0.3) is 0 Å². The van der Waals surface area contributed by atoms with E-state index in [1.165, 1.54) is 57.5 Å². The molecule has 0 bridgehead atoms. The third kappa shape index (κ3) is 6.44. The van der Waals surface area contributed by atoms with E-state index in [1.807, 2.05) is 11.8 Å². The molecule has 1 atom stereocenters. The van der Waals surface area contributed by atoms with E-state index < -0.39 is 0 Å². The Morgan fingerprint density at radius 3 is 2.87 bits per heavy atom. The van der Waals surface area contributed by atoms with E-state index in [0.29, 0.717) is 0 Å². The van der Waals surface area contributed by atoms with Gasteiger partial charge >= 0.3 is 0 Å². The fraction of sp³-hybridized carbons (Fsp3) is 1.00. The Hall–Kier alpha value is 0.270. The lowest BCUT2D eigenvalue weighted by atomic mass is 10.0. The van der Waals surface area contributed by atoms with Gasteiger partial charge in [-0.15, -0.1) is 0 Å². The fourth-order valence-corrected chi connectivity index (χ4v) is 2.67. The Bertz CT molecular complexity index is 147. The van der Waals surface area contributed by atoms with Crippen molar-refractivity contribution >= 4 is 11.8 Å². The molecule has 0 saturated carbocycles. The molecule has 3 heteroatoms. The Kier molecular flexibility index (Phi) is 7.49. The average molecular weight is 230 g/mol. The van der Waals surface area contributed by atoms with Crippen LogP contribution in [0.15, 0.2) is 0 Å². The quantitative estimate of drug-likeness (QED) is 0.675. The molecule has 1 unspecified atom stereocenters. The Morgan fingerprint density at radius 1 is 1.33 bits per heavy atom. The molecule has 1 N–H and O–H groups in total. The number of rotatable bonds is 7. The highest BCUT2D eigenvalue weighted by Gasteiger charge is 2.13. The molecule has 0 aromatic rings. The van der Waals surface area contributed by atoms with Gasteiger partial charge in [0, 0.05) is 12.6 Å². The Morgan fingerprint density at radius 2 is 2.20 bits per heavy atom. The molecular formula is C12H26N2S. The van der Waals surface area contributed by atoms with Gasteiger partial charge in [0.05, 0.1) is 0 Å². The zero-order valence-electron chi connectivity index (χ0n) is 10.3. The summed E-state index contributed by atoms with van der Waals surface area (Å²) in [5, 5.41) is 3.61. The number of nitrogens with zero attached hydrogens (tertiary/aromatic N) is 1. The smallest absolute Gasteiger partial charge is 0.0194 e. The average Bonchev–Trinajstić information content (AvgIpc) is 2.26. The number of hydrogen-bond acceptors (Lipinski definition) is 3. The summed E-state index contributed by atoms with van der Waals surface area (Å²) in [6.45, 7) is 3.73. The van der Waals surface area contributed by atoms with Crippen molar-refractivity contribution in [3.8, 4) is 0 Å². The first-order chi connectivity index (χ1) is 7.33. The maximum absolute atomic E-state index is 3.61. The number of piperidine rings is 1. The predicted molar refractivity (Wildman–Crippen MR) is 70.8 cm³/mol. The highest BCUT2D eigenvalue weighted by molar-refractivity contribution is 7.98. The van der Waals surface area contributed by atoms with Crippen molar-refractivity contribution in [2.75, 3.05) is 38.7 Å². The Labute approximate surface area is 99.2 Å². The third-order valence-electron chi connectivity index (χ3n) is 3.08. The van der Waals surface area contributed by atoms with Crippen molar-refractivity contribution in [3.05, 3.63) is 0 Å². The van der Waals surface area contributed by atoms with Crippen LogP contribution in [0.3, 0.4) is 0 Å². The lowest BCUT2D eigenvalue weighted by Crippen LogP contribution is -2.42. The van der Waals surface area contributed by atoms with E-state index in [2.05, 4.69) is 23.5 Å². The van der Waals surface area contributed by atoms with Gasteiger partial charge in [0.1, 0.15) is 0 Å². The molecule has 0 aromatic heterocycles. The van der Waals surface area contributed by atoms with Gasteiger partial charge in [-0.2, -0.15) is 11.8 Å². The van der Waals surface area contributed by atoms with Crippen molar-refractivity contribution in [1.82, 2.24) is 10.2 Å². The van der Waals surface area contributed by atoms with Crippen LogP contribution in [-0.4, -0.2) is 49.6 Å². The first kappa shape index (κ1) is 13.3. The van der Waals surface area contributed by atoms with E-state index in [-0.39, 0.29) is 0 Å². The lowest BCUT2D eigenvalue weighted by Gasteiger charge is -2.28. The SMILES string of the molecule is CSCCCCN(C)CC1CCCCN1. The molecule has 0 spiro atoms. The summed E-state index contributed by atoms with van der Waals surface area (Å²) in [5.74, 6) is 1.31. The second-order valence-corrected chi connectivity index (χ2v) is 5.59. The second kappa shape index (κ2) is 8.43. The molecular weight excluding hydrogens is 204 g/mol. The molecule has 1 aliphatic rings. The molecule has 1 saturated heterocycles. The lowest BCUT2D eigenvalue weighted by molar-refractivity contribution is 0.260. The normalized spacial score (nSPS) is 22.2. The summed E-state index contributed by atoms with van der Waals surface area (Å²) in [6.07, 6.45) is 9.06. The second-order valence-electron chi connectivity index (χ2n) is 4.61. The summed E-state index contributed by atoms with van der Waals surface area (Å²) < 4.78 is 0. The molecule has 90 valence electrons. The van der Waals surface area contributed by atoms with Crippen LogP contribution in [0.1, 0.15) is 32.1 Å². The van der Waals surface area contributed by atoms with Crippen LogP contribution >= 0.6 is 11.8 Å². The van der Waals surface area contributed by atoms with Crippen molar-refractivity contribution in [2.45, 2.75) is 38.1 Å². The monoisotopic (exact) mass is 230 g/mol. The van der Waals surface area contributed by atoms with Crippen molar-refractivity contribution in [3.63, 3.8) is 0 Å². The van der Waals surface area contributed by atoms with Crippen LogP contribution in [-0.2, 0) is 0 Å². The topological polar surface area (TPSA) is 15.3 Å². The molecule has 1 rings (SSSR count). The summed E-state index contributed by atoms with van der Waals surface area (Å²) in [4.78, 5) is 2.49. The van der Waals surface area contributed by atoms with Gasteiger partial charge in [0.2, 0.25) is 0 Å². The summed E-state index contributed by atoms with van der Waals surface area (Å²) in [6, 6.07) is 0.754. The van der Waals surface area contributed by atoms with E-state index in [9.17, 15) is 0 Å². The largest absolute Gasteiger partial charge is 0.313 e. The molecule has 0 aromatic carbocycles. The molecule has 1 heterocycles. The minimum Gasteiger partial charge on any atom is -0.313 e. The van der Waals surface area contributed by atoms with Gasteiger partial charge in [-0.3, -0.25) is 0 Å². The van der Waals surface area contributed by atoms with Crippen molar-refractivity contribution in [1.29, 1.82) is 0 Å². The van der Waals surface area contributed by atoms with Gasteiger partial charge in [-0.05, 0) is 57.8 Å². The van der Waals surface area contributed by atoms with Crippen LogP contribution < -0.4 is 5.32 Å². The number of hydrogen-bond donors (Lipinski definition) is 1. The zero-order valence-corrected chi connectivity index (χ0v) is 11.1. The highest BCUT2D eigenvalue weighted by atomic mass is 32.2. The minimum absolute atomic E-state index is 0.754. The number of nitrogens with one attached hydrogen (secondary N) is 1. The summed E-state index contributed by atoms with van der Waals surface area (Å²) >= 11 is 1.96. The molecule has 0 radical (unpaired) electrons. The standard InChI is InChI=1S/C12H26N2S/c1-14(9-5-6-10-15-2)11-12-7-3-4-8-13-12/h12-13H,3-11H2,1-2H3. The molecule has 0 amide bonds. The predicted octanol–water partition coefficient (Wildman–Crippen LogP) is 2.20.